The second kappa shape index (κ2) is 5.98. The molecule has 0 radical (unpaired) electrons. The van der Waals surface area contributed by atoms with Crippen molar-refractivity contribution in [3.8, 4) is 0 Å². The van der Waals surface area contributed by atoms with E-state index in [1.807, 2.05) is 0 Å². The average molecular weight is 200 g/mol. The van der Waals surface area contributed by atoms with Gasteiger partial charge < -0.3 is 15.7 Å². The molecule has 1 saturated carbocycles. The number of amides is 1. The van der Waals surface area contributed by atoms with Crippen LogP contribution in [0.5, 0.6) is 0 Å². The standard InChI is InChI=1S/C10H20N2O2/c1-11-10(14)5-6-12-9-4-2-3-8(9)7-13/h8-9,12-13H,2-7H2,1H3,(H,11,14). The summed E-state index contributed by atoms with van der Waals surface area (Å²) in [5.74, 6) is 0.454. The molecule has 4 nitrogen and oxygen atoms in total. The predicted molar refractivity (Wildman–Crippen MR) is 54.9 cm³/mol. The lowest BCUT2D eigenvalue weighted by molar-refractivity contribution is -0.120. The zero-order valence-electron chi connectivity index (χ0n) is 8.75. The predicted octanol–water partition coefficient (Wildman–Crippen LogP) is -0.127. The van der Waals surface area contributed by atoms with Crippen LogP contribution >= 0.6 is 0 Å². The molecule has 0 aromatic heterocycles. The maximum atomic E-state index is 10.9. The lowest BCUT2D eigenvalue weighted by atomic mass is 10.1. The highest BCUT2D eigenvalue weighted by Crippen LogP contribution is 2.24. The van der Waals surface area contributed by atoms with E-state index in [1.165, 1.54) is 6.42 Å². The van der Waals surface area contributed by atoms with Crippen molar-refractivity contribution in [1.29, 1.82) is 0 Å². The SMILES string of the molecule is CNC(=O)CCNC1CCCC1CO. The average Bonchev–Trinajstić information content (AvgIpc) is 2.65. The molecule has 2 atom stereocenters. The number of nitrogens with one attached hydrogen (secondary N) is 2. The first kappa shape index (κ1) is 11.5. The van der Waals surface area contributed by atoms with Crippen LogP contribution in [0.3, 0.4) is 0 Å². The quantitative estimate of drug-likeness (QED) is 0.579. The zero-order chi connectivity index (χ0) is 10.4. The van der Waals surface area contributed by atoms with E-state index in [9.17, 15) is 4.79 Å². The Labute approximate surface area is 85.1 Å². The fraction of sp³-hybridized carbons (Fsp3) is 0.900. The first-order valence-corrected chi connectivity index (χ1v) is 5.32. The minimum atomic E-state index is 0.0658. The molecule has 4 heteroatoms. The lowest BCUT2D eigenvalue weighted by Gasteiger charge is -2.18. The minimum absolute atomic E-state index is 0.0658. The summed E-state index contributed by atoms with van der Waals surface area (Å²) in [6, 6.07) is 0.407. The van der Waals surface area contributed by atoms with Crippen molar-refractivity contribution in [3.63, 3.8) is 0 Å². The van der Waals surface area contributed by atoms with Gasteiger partial charge >= 0.3 is 0 Å². The van der Waals surface area contributed by atoms with Crippen LogP contribution in [0.15, 0.2) is 0 Å². The van der Waals surface area contributed by atoms with Crippen LogP contribution in [-0.2, 0) is 4.79 Å². The van der Waals surface area contributed by atoms with E-state index in [4.69, 9.17) is 5.11 Å². The van der Waals surface area contributed by atoms with Crippen LogP contribution < -0.4 is 10.6 Å². The van der Waals surface area contributed by atoms with Gasteiger partial charge in [-0.2, -0.15) is 0 Å². The Hall–Kier alpha value is -0.610. The van der Waals surface area contributed by atoms with Gasteiger partial charge in [0, 0.05) is 32.7 Å². The third kappa shape index (κ3) is 3.27. The molecular formula is C10H20N2O2. The maximum absolute atomic E-state index is 10.9. The van der Waals surface area contributed by atoms with Gasteiger partial charge in [-0.3, -0.25) is 4.79 Å². The molecule has 14 heavy (non-hydrogen) atoms. The van der Waals surface area contributed by atoms with E-state index in [1.54, 1.807) is 7.05 Å². The molecule has 3 N–H and O–H groups in total. The lowest BCUT2D eigenvalue weighted by Crippen LogP contribution is -2.36. The Morgan fingerprint density at radius 1 is 1.50 bits per heavy atom. The second-order valence-electron chi connectivity index (χ2n) is 3.86. The largest absolute Gasteiger partial charge is 0.396 e. The number of aliphatic hydroxyl groups excluding tert-OH is 1. The van der Waals surface area contributed by atoms with Gasteiger partial charge in [-0.05, 0) is 18.8 Å². The maximum Gasteiger partial charge on any atom is 0.221 e. The number of rotatable bonds is 5. The monoisotopic (exact) mass is 200 g/mol. The summed E-state index contributed by atoms with van der Waals surface area (Å²) < 4.78 is 0. The molecule has 1 aliphatic carbocycles. The molecule has 0 bridgehead atoms. The van der Waals surface area contributed by atoms with Gasteiger partial charge in [-0.25, -0.2) is 0 Å². The summed E-state index contributed by atoms with van der Waals surface area (Å²) in [4.78, 5) is 10.9. The molecule has 82 valence electrons. The zero-order valence-corrected chi connectivity index (χ0v) is 8.75. The Morgan fingerprint density at radius 2 is 2.29 bits per heavy atom. The van der Waals surface area contributed by atoms with Crippen LogP contribution in [0, 0.1) is 5.92 Å². The Bertz CT molecular complexity index is 185. The highest BCUT2D eigenvalue weighted by atomic mass is 16.3. The molecule has 1 fully saturated rings. The van der Waals surface area contributed by atoms with Gasteiger partial charge in [0.1, 0.15) is 0 Å². The first-order chi connectivity index (χ1) is 6.77. The van der Waals surface area contributed by atoms with E-state index in [-0.39, 0.29) is 12.5 Å². The molecule has 0 aromatic rings. The third-order valence-corrected chi connectivity index (χ3v) is 2.93. The highest BCUT2D eigenvalue weighted by molar-refractivity contribution is 5.75. The van der Waals surface area contributed by atoms with Gasteiger partial charge in [-0.1, -0.05) is 6.42 Å². The van der Waals surface area contributed by atoms with E-state index in [2.05, 4.69) is 10.6 Å². The molecule has 1 amide bonds. The van der Waals surface area contributed by atoms with E-state index in [0.717, 1.165) is 12.8 Å². The molecular weight excluding hydrogens is 180 g/mol. The molecule has 0 spiro atoms. The molecule has 0 aliphatic heterocycles. The molecule has 1 aliphatic rings. The Balaban J connectivity index is 2.14. The summed E-state index contributed by atoms with van der Waals surface area (Å²) in [7, 11) is 1.65. The smallest absolute Gasteiger partial charge is 0.221 e. The normalized spacial score (nSPS) is 26.4. The van der Waals surface area contributed by atoms with Crippen LogP contribution in [-0.4, -0.2) is 37.3 Å². The van der Waals surface area contributed by atoms with Crippen molar-refractivity contribution in [2.75, 3.05) is 20.2 Å². The summed E-state index contributed by atoms with van der Waals surface area (Å²) in [6.45, 7) is 0.971. The highest BCUT2D eigenvalue weighted by Gasteiger charge is 2.25. The number of carbonyl (C=O) groups is 1. The molecule has 0 heterocycles. The van der Waals surface area contributed by atoms with Crippen LogP contribution in [0.1, 0.15) is 25.7 Å². The summed E-state index contributed by atoms with van der Waals surface area (Å²) in [5, 5.41) is 15.0. The van der Waals surface area contributed by atoms with Crippen LogP contribution in [0.4, 0.5) is 0 Å². The van der Waals surface area contributed by atoms with Gasteiger partial charge in [-0.15, -0.1) is 0 Å². The fourth-order valence-electron chi connectivity index (χ4n) is 2.02. The Kier molecular flexibility index (Phi) is 4.90. The summed E-state index contributed by atoms with van der Waals surface area (Å²) >= 11 is 0. The molecule has 2 unspecified atom stereocenters. The molecule has 0 aromatic carbocycles. The van der Waals surface area contributed by atoms with Crippen LogP contribution in [0.25, 0.3) is 0 Å². The first-order valence-electron chi connectivity index (χ1n) is 5.32. The summed E-state index contributed by atoms with van der Waals surface area (Å²) in [6.07, 6.45) is 3.93. The van der Waals surface area contributed by atoms with Gasteiger partial charge in [0.2, 0.25) is 5.91 Å². The van der Waals surface area contributed by atoms with Crippen molar-refractivity contribution in [1.82, 2.24) is 10.6 Å². The number of aliphatic hydroxyl groups is 1. The number of hydrogen-bond acceptors (Lipinski definition) is 3. The van der Waals surface area contributed by atoms with E-state index < -0.39 is 0 Å². The van der Waals surface area contributed by atoms with Gasteiger partial charge in [0.05, 0.1) is 0 Å². The number of hydrogen-bond donors (Lipinski definition) is 3. The van der Waals surface area contributed by atoms with Gasteiger partial charge in [0.15, 0.2) is 0 Å². The van der Waals surface area contributed by atoms with Crippen molar-refractivity contribution < 1.29 is 9.90 Å². The topological polar surface area (TPSA) is 61.4 Å². The van der Waals surface area contributed by atoms with Crippen molar-refractivity contribution in [3.05, 3.63) is 0 Å². The third-order valence-electron chi connectivity index (χ3n) is 2.93. The Morgan fingerprint density at radius 3 is 2.93 bits per heavy atom. The van der Waals surface area contributed by atoms with E-state index >= 15 is 0 Å². The second-order valence-corrected chi connectivity index (χ2v) is 3.86. The van der Waals surface area contributed by atoms with Gasteiger partial charge in [0.25, 0.3) is 0 Å². The van der Waals surface area contributed by atoms with Crippen molar-refractivity contribution in [2.24, 2.45) is 5.92 Å². The fourth-order valence-corrected chi connectivity index (χ4v) is 2.02. The van der Waals surface area contributed by atoms with Crippen LogP contribution in [0.2, 0.25) is 0 Å². The molecule has 1 rings (SSSR count). The summed E-state index contributed by atoms with van der Waals surface area (Å²) in [5.41, 5.74) is 0. The number of carbonyl (C=O) groups excluding carboxylic acids is 1. The van der Waals surface area contributed by atoms with E-state index in [0.29, 0.717) is 24.9 Å². The minimum Gasteiger partial charge on any atom is -0.396 e. The molecule has 0 saturated heterocycles. The van der Waals surface area contributed by atoms with Crippen molar-refractivity contribution >= 4 is 5.91 Å². The van der Waals surface area contributed by atoms with Crippen molar-refractivity contribution in [2.45, 2.75) is 31.7 Å².